The molecule has 3 heterocycles. The first-order chi connectivity index (χ1) is 32.0. The van der Waals surface area contributed by atoms with Crippen LogP contribution in [0.1, 0.15) is 68.4 Å². The number of nitrogens with zero attached hydrogens (tertiary/aromatic N) is 1. The number of aliphatic hydroxyl groups is 2. The van der Waals surface area contributed by atoms with Crippen molar-refractivity contribution in [1.29, 1.82) is 0 Å². The van der Waals surface area contributed by atoms with Crippen molar-refractivity contribution in [2.45, 2.75) is 50.5 Å². The number of halogens is 1. The van der Waals surface area contributed by atoms with Crippen LogP contribution in [0.3, 0.4) is 0 Å². The molecular weight excluding hydrogens is 858 g/mol. The number of aryl methyl sites for hydroxylation is 1. The summed E-state index contributed by atoms with van der Waals surface area (Å²) >= 11 is 1.49. The van der Waals surface area contributed by atoms with E-state index >= 15 is 4.39 Å². The molecule has 66 heavy (non-hydrogen) atoms. The maximum absolute atomic E-state index is 15.6. The third-order valence-electron chi connectivity index (χ3n) is 12.3. The maximum atomic E-state index is 15.6. The summed E-state index contributed by atoms with van der Waals surface area (Å²) in [6.07, 6.45) is 1.25. The van der Waals surface area contributed by atoms with E-state index in [-0.39, 0.29) is 71.5 Å². The number of ether oxygens (including phenoxy) is 2. The Morgan fingerprint density at radius 3 is 2.41 bits per heavy atom. The number of phenols is 1. The fourth-order valence-corrected chi connectivity index (χ4v) is 9.60. The SMILES string of the molecule is COc1cc(C(=O)CCc2ccc(-c3cccc([C@](O)(C(=O)OCC4CCN(Cc5ccccc5)CC4)c4ccccc4)c3)s2)cc(F)c1CNC[C@H](O)c1ccc(O)c2[nH]c(=O)ccc12. The minimum atomic E-state index is -2.05. The van der Waals surface area contributed by atoms with Crippen molar-refractivity contribution in [2.75, 3.05) is 33.4 Å². The Bertz CT molecular complexity index is 2860. The number of hydrogen-bond acceptors (Lipinski definition) is 11. The summed E-state index contributed by atoms with van der Waals surface area (Å²) in [5.74, 6) is -1.37. The smallest absolute Gasteiger partial charge is 0.347 e. The Labute approximate surface area is 386 Å². The molecule has 0 aliphatic carbocycles. The van der Waals surface area contributed by atoms with Crippen molar-refractivity contribution in [3.8, 4) is 21.9 Å². The highest BCUT2D eigenvalue weighted by Gasteiger charge is 2.42. The van der Waals surface area contributed by atoms with Gasteiger partial charge in [0.1, 0.15) is 17.3 Å². The number of benzene rings is 5. The predicted octanol–water partition coefficient (Wildman–Crippen LogP) is 8.44. The number of aliphatic hydroxyl groups excluding tert-OH is 1. The number of ketones is 1. The van der Waals surface area contributed by atoms with Crippen LogP contribution in [-0.2, 0) is 34.6 Å². The van der Waals surface area contributed by atoms with Crippen molar-refractivity contribution in [3.05, 3.63) is 188 Å². The van der Waals surface area contributed by atoms with Gasteiger partial charge in [-0.15, -0.1) is 11.3 Å². The number of carbonyl (C=O) groups excluding carboxylic acids is 2. The Hall–Kier alpha value is -6.48. The number of aromatic hydroxyl groups is 1. The van der Waals surface area contributed by atoms with E-state index in [0.717, 1.165) is 47.8 Å². The molecule has 1 fully saturated rings. The number of fused-ring (bicyclic) bond motifs is 1. The number of phenolic OH excluding ortho intramolecular Hbond substituents is 1. The van der Waals surface area contributed by atoms with E-state index in [1.165, 1.54) is 54.3 Å². The van der Waals surface area contributed by atoms with Gasteiger partial charge in [-0.05, 0) is 103 Å². The molecule has 11 nitrogen and oxygen atoms in total. The lowest BCUT2D eigenvalue weighted by Crippen LogP contribution is -2.40. The molecule has 13 heteroatoms. The summed E-state index contributed by atoms with van der Waals surface area (Å²) < 4.78 is 27.0. The summed E-state index contributed by atoms with van der Waals surface area (Å²) in [5.41, 5.74) is 1.46. The van der Waals surface area contributed by atoms with Gasteiger partial charge in [-0.3, -0.25) is 14.5 Å². The number of H-pyrrole nitrogens is 1. The van der Waals surface area contributed by atoms with Crippen molar-refractivity contribution >= 4 is 34.0 Å². The predicted molar refractivity (Wildman–Crippen MR) is 253 cm³/mol. The lowest BCUT2D eigenvalue weighted by molar-refractivity contribution is -0.164. The molecule has 7 aromatic rings. The molecule has 0 amide bonds. The number of carbonyl (C=O) groups is 2. The number of rotatable bonds is 18. The standard InChI is InChI=1S/C53H52FN3O8S/c1-64-48-29-37(28-44(54)43(48)30-55-31-47(60)41-17-20-46(59)51-42(41)18-22-50(61)56-51)45(58)19-15-40-16-21-49(66-40)36-11-8-14-39(27-36)53(63,38-12-6-3-7-13-38)52(62)65-33-35-23-25-57(26-24-35)32-34-9-4-2-5-10-34/h2-14,16-18,20-22,27-29,35,47,55,59-60,63H,15,19,23-26,30-33H2,1H3,(H,56,61)/t47-,53-/m0/s1. The monoisotopic (exact) mass is 909 g/mol. The molecule has 5 N–H and O–H groups in total. The number of aromatic nitrogens is 1. The summed E-state index contributed by atoms with van der Waals surface area (Å²) in [5, 5.41) is 37.0. The number of methoxy groups -OCH3 is 1. The van der Waals surface area contributed by atoms with Crippen molar-refractivity contribution in [2.24, 2.45) is 5.92 Å². The van der Waals surface area contributed by atoms with Gasteiger partial charge in [0, 0.05) is 64.0 Å². The Balaban J connectivity index is 0.884. The van der Waals surface area contributed by atoms with Crippen molar-refractivity contribution < 1.29 is 38.8 Å². The third-order valence-corrected chi connectivity index (χ3v) is 13.5. The molecule has 1 aliphatic rings. The van der Waals surface area contributed by atoms with Gasteiger partial charge in [0.25, 0.3) is 0 Å². The van der Waals surface area contributed by atoms with Crippen LogP contribution >= 0.6 is 11.3 Å². The molecule has 2 aromatic heterocycles. The van der Waals surface area contributed by atoms with E-state index < -0.39 is 23.5 Å². The average Bonchev–Trinajstić information content (AvgIpc) is 3.83. The summed E-state index contributed by atoms with van der Waals surface area (Å²) in [7, 11) is 1.40. The molecule has 1 aliphatic heterocycles. The number of thiophene rings is 1. The number of aromatic amines is 1. The molecule has 1 saturated heterocycles. The minimum absolute atomic E-state index is 0.00810. The molecule has 8 rings (SSSR count). The quantitative estimate of drug-likeness (QED) is 0.0418. The van der Waals surface area contributed by atoms with E-state index in [1.807, 2.05) is 42.5 Å². The van der Waals surface area contributed by atoms with E-state index in [0.29, 0.717) is 28.5 Å². The van der Waals surface area contributed by atoms with Gasteiger partial charge in [0.2, 0.25) is 11.2 Å². The van der Waals surface area contributed by atoms with Crippen molar-refractivity contribution in [3.63, 3.8) is 0 Å². The van der Waals surface area contributed by atoms with Gasteiger partial charge < -0.3 is 35.1 Å². The van der Waals surface area contributed by atoms with E-state index in [9.17, 15) is 29.7 Å². The highest BCUT2D eigenvalue weighted by Crippen LogP contribution is 2.37. The highest BCUT2D eigenvalue weighted by atomic mass is 32.1. The summed E-state index contributed by atoms with van der Waals surface area (Å²) in [6, 6.07) is 38.9. The van der Waals surface area contributed by atoms with Crippen LogP contribution in [0.15, 0.2) is 138 Å². The van der Waals surface area contributed by atoms with Gasteiger partial charge in [-0.25, -0.2) is 9.18 Å². The minimum Gasteiger partial charge on any atom is -0.506 e. The zero-order valence-electron chi connectivity index (χ0n) is 36.5. The number of pyridine rings is 1. The van der Waals surface area contributed by atoms with Crippen LogP contribution in [0.4, 0.5) is 4.39 Å². The molecule has 340 valence electrons. The molecule has 0 spiro atoms. The van der Waals surface area contributed by atoms with Crippen LogP contribution in [-0.4, -0.2) is 70.3 Å². The maximum Gasteiger partial charge on any atom is 0.347 e. The zero-order valence-corrected chi connectivity index (χ0v) is 37.4. The van der Waals surface area contributed by atoms with Gasteiger partial charge >= 0.3 is 5.97 Å². The van der Waals surface area contributed by atoms with Gasteiger partial charge in [0.15, 0.2) is 5.78 Å². The summed E-state index contributed by atoms with van der Waals surface area (Å²) in [4.78, 5) is 46.1. The normalized spacial score (nSPS) is 14.7. The number of Topliss-reactive ketones (excluding diaryl/α,β-unsaturated/α-hetero) is 1. The van der Waals surface area contributed by atoms with Crippen LogP contribution in [0.5, 0.6) is 11.5 Å². The first-order valence-electron chi connectivity index (χ1n) is 22.0. The second-order valence-electron chi connectivity index (χ2n) is 16.7. The fraction of sp³-hybridized carbons (Fsp3) is 0.264. The Kier molecular flexibility index (Phi) is 14.5. The lowest BCUT2D eigenvalue weighted by Gasteiger charge is -2.33. The molecule has 5 aromatic carbocycles. The molecule has 0 bridgehead atoms. The van der Waals surface area contributed by atoms with Gasteiger partial charge in [0.05, 0.1) is 25.3 Å². The molecule has 0 saturated carbocycles. The van der Waals surface area contributed by atoms with Gasteiger partial charge in [-0.2, -0.15) is 0 Å². The average molecular weight is 910 g/mol. The molecule has 0 unspecified atom stereocenters. The second-order valence-corrected chi connectivity index (χ2v) is 17.9. The number of esters is 1. The topological polar surface area (TPSA) is 161 Å². The first-order valence-corrected chi connectivity index (χ1v) is 22.9. The van der Waals surface area contributed by atoms with Crippen LogP contribution in [0.25, 0.3) is 21.3 Å². The Morgan fingerprint density at radius 2 is 1.65 bits per heavy atom. The van der Waals surface area contributed by atoms with Crippen LogP contribution < -0.4 is 15.6 Å². The fourth-order valence-electron chi connectivity index (χ4n) is 8.60. The van der Waals surface area contributed by atoms with Crippen LogP contribution in [0, 0.1) is 11.7 Å². The second kappa shape index (κ2) is 20.8. The van der Waals surface area contributed by atoms with Crippen LogP contribution in [0.2, 0.25) is 0 Å². The molecule has 2 atom stereocenters. The first kappa shape index (κ1) is 46.1. The van der Waals surface area contributed by atoms with Crippen molar-refractivity contribution in [1.82, 2.24) is 15.2 Å². The lowest BCUT2D eigenvalue weighted by atomic mass is 9.85. The van der Waals surface area contributed by atoms with E-state index in [4.69, 9.17) is 9.47 Å². The highest BCUT2D eigenvalue weighted by molar-refractivity contribution is 7.15. The van der Waals surface area contributed by atoms with E-state index in [2.05, 4.69) is 39.5 Å². The third kappa shape index (κ3) is 10.5. The largest absolute Gasteiger partial charge is 0.506 e. The Morgan fingerprint density at radius 1 is 0.909 bits per heavy atom. The number of hydrogen-bond donors (Lipinski definition) is 5. The molecule has 0 radical (unpaired) electrons. The zero-order chi connectivity index (χ0) is 46.2. The van der Waals surface area contributed by atoms with Gasteiger partial charge in [-0.1, -0.05) is 84.9 Å². The number of nitrogens with one attached hydrogen (secondary N) is 2. The number of likely N-dealkylation sites (tertiary alicyclic amines) is 1. The van der Waals surface area contributed by atoms with E-state index in [1.54, 1.807) is 36.4 Å². The molecular formula is C53H52FN3O8S. The number of piperidine rings is 1. The summed E-state index contributed by atoms with van der Waals surface area (Å²) in [6.45, 7) is 2.93.